The van der Waals surface area contributed by atoms with Crippen molar-refractivity contribution in [2.75, 3.05) is 6.61 Å². The fourth-order valence-corrected chi connectivity index (χ4v) is 2.27. The number of halogens is 2. The molecule has 0 radical (unpaired) electrons. The highest BCUT2D eigenvalue weighted by molar-refractivity contribution is 5.69. The summed E-state index contributed by atoms with van der Waals surface area (Å²) in [5.74, 6) is -0.791. The molecule has 0 bridgehead atoms. The van der Waals surface area contributed by atoms with Crippen molar-refractivity contribution in [2.45, 2.75) is 20.4 Å². The fourth-order valence-electron chi connectivity index (χ4n) is 2.27. The van der Waals surface area contributed by atoms with Crippen molar-refractivity contribution < 1.29 is 13.5 Å². The molecule has 8 heteroatoms. The van der Waals surface area contributed by atoms with Crippen LogP contribution in [0.4, 0.5) is 8.78 Å². The van der Waals surface area contributed by atoms with Gasteiger partial charge in [0.05, 0.1) is 13.2 Å². The Morgan fingerprint density at radius 2 is 2.00 bits per heavy atom. The van der Waals surface area contributed by atoms with Crippen molar-refractivity contribution in [3.8, 4) is 17.0 Å². The summed E-state index contributed by atoms with van der Waals surface area (Å²) in [5, 5.41) is 11.3. The van der Waals surface area contributed by atoms with E-state index in [1.165, 1.54) is 6.07 Å². The first kappa shape index (κ1) is 16.0. The number of nitrogens with zero attached hydrogens (tertiary/aromatic N) is 5. The first-order chi connectivity index (χ1) is 11.6. The summed E-state index contributed by atoms with van der Waals surface area (Å²) in [5.41, 5.74) is 1.88. The van der Waals surface area contributed by atoms with Gasteiger partial charge in [0.25, 0.3) is 0 Å². The third-order valence-corrected chi connectivity index (χ3v) is 3.46. The normalized spacial score (nSPS) is 10.8. The van der Waals surface area contributed by atoms with Gasteiger partial charge in [-0.2, -0.15) is 0 Å². The molecule has 0 aliphatic carbocycles. The number of hydrogen-bond acceptors (Lipinski definition) is 5. The summed E-state index contributed by atoms with van der Waals surface area (Å²) in [7, 11) is 0. The summed E-state index contributed by atoms with van der Waals surface area (Å²) in [4.78, 5) is 4.29. The Morgan fingerprint density at radius 3 is 2.67 bits per heavy atom. The SMILES string of the molecule is CCOc1ncc(Cn2nnnc2C)cc1-c1ccc(F)c(F)c1. The molecule has 0 amide bonds. The zero-order chi connectivity index (χ0) is 17.1. The van der Waals surface area contributed by atoms with Crippen LogP contribution in [0.2, 0.25) is 0 Å². The molecule has 0 aliphatic rings. The van der Waals surface area contributed by atoms with E-state index in [0.29, 0.717) is 36.0 Å². The van der Waals surface area contributed by atoms with Crippen molar-refractivity contribution in [2.24, 2.45) is 0 Å². The van der Waals surface area contributed by atoms with Gasteiger partial charge in [-0.1, -0.05) is 6.07 Å². The van der Waals surface area contributed by atoms with Crippen molar-refractivity contribution in [3.05, 3.63) is 53.5 Å². The maximum atomic E-state index is 13.6. The van der Waals surface area contributed by atoms with Crippen LogP contribution in [0.5, 0.6) is 5.88 Å². The monoisotopic (exact) mass is 331 g/mol. The molecule has 0 aliphatic heterocycles. The lowest BCUT2D eigenvalue weighted by molar-refractivity contribution is 0.328. The predicted octanol–water partition coefficient (Wildman–Crippen LogP) is 2.77. The number of benzene rings is 1. The van der Waals surface area contributed by atoms with Gasteiger partial charge in [0.1, 0.15) is 5.82 Å². The smallest absolute Gasteiger partial charge is 0.221 e. The highest BCUT2D eigenvalue weighted by Crippen LogP contribution is 2.30. The third kappa shape index (κ3) is 3.22. The number of tetrazole rings is 1. The average molecular weight is 331 g/mol. The van der Waals surface area contributed by atoms with Crippen LogP contribution >= 0.6 is 0 Å². The van der Waals surface area contributed by atoms with Crippen molar-refractivity contribution >= 4 is 0 Å². The lowest BCUT2D eigenvalue weighted by Gasteiger charge is -2.12. The van der Waals surface area contributed by atoms with Crippen LogP contribution < -0.4 is 4.74 Å². The van der Waals surface area contributed by atoms with E-state index in [9.17, 15) is 8.78 Å². The van der Waals surface area contributed by atoms with Gasteiger partial charge in [0.2, 0.25) is 5.88 Å². The summed E-state index contributed by atoms with van der Waals surface area (Å²) in [6.45, 7) is 4.44. The molecule has 3 rings (SSSR count). The van der Waals surface area contributed by atoms with E-state index in [1.807, 2.05) is 13.0 Å². The zero-order valence-corrected chi connectivity index (χ0v) is 13.2. The highest BCUT2D eigenvalue weighted by Gasteiger charge is 2.13. The molecule has 124 valence electrons. The molecule has 3 aromatic rings. The number of pyridine rings is 1. The summed E-state index contributed by atoms with van der Waals surface area (Å²) in [6, 6.07) is 5.51. The van der Waals surface area contributed by atoms with Gasteiger partial charge in [-0.25, -0.2) is 18.4 Å². The first-order valence-corrected chi connectivity index (χ1v) is 7.38. The van der Waals surface area contributed by atoms with Gasteiger partial charge >= 0.3 is 0 Å². The Bertz CT molecular complexity index is 865. The second kappa shape index (κ2) is 6.69. The Kier molecular flexibility index (Phi) is 4.45. The van der Waals surface area contributed by atoms with E-state index in [-0.39, 0.29) is 0 Å². The van der Waals surface area contributed by atoms with Crippen molar-refractivity contribution in [1.82, 2.24) is 25.2 Å². The second-order valence-electron chi connectivity index (χ2n) is 5.14. The van der Waals surface area contributed by atoms with Crippen molar-refractivity contribution in [3.63, 3.8) is 0 Å². The van der Waals surface area contributed by atoms with E-state index in [0.717, 1.165) is 17.7 Å². The topological polar surface area (TPSA) is 65.7 Å². The Morgan fingerprint density at radius 1 is 1.17 bits per heavy atom. The minimum atomic E-state index is -0.920. The average Bonchev–Trinajstić information content (AvgIpc) is 2.97. The second-order valence-corrected chi connectivity index (χ2v) is 5.14. The molecule has 6 nitrogen and oxygen atoms in total. The summed E-state index contributed by atoms with van der Waals surface area (Å²) >= 11 is 0. The molecule has 0 spiro atoms. The third-order valence-electron chi connectivity index (χ3n) is 3.46. The first-order valence-electron chi connectivity index (χ1n) is 7.38. The van der Waals surface area contributed by atoms with Crippen LogP contribution in [0.15, 0.2) is 30.5 Å². The summed E-state index contributed by atoms with van der Waals surface area (Å²) in [6.07, 6.45) is 1.65. The Labute approximate surface area is 137 Å². The number of hydrogen-bond donors (Lipinski definition) is 0. The summed E-state index contributed by atoms with van der Waals surface area (Å²) < 4.78 is 33.9. The van der Waals surface area contributed by atoms with Crippen LogP contribution in [0.3, 0.4) is 0 Å². The predicted molar refractivity (Wildman–Crippen MR) is 82.4 cm³/mol. The molecule has 2 aromatic heterocycles. The standard InChI is InChI=1S/C16H15F2N5O/c1-3-24-16-13(12-4-5-14(17)15(18)7-12)6-11(8-19-16)9-23-10(2)20-21-22-23/h4-8H,3,9H2,1-2H3. The van der Waals surface area contributed by atoms with E-state index in [4.69, 9.17) is 4.74 Å². The van der Waals surface area contributed by atoms with Crippen LogP contribution in [0.25, 0.3) is 11.1 Å². The van der Waals surface area contributed by atoms with E-state index in [1.54, 1.807) is 17.8 Å². The maximum absolute atomic E-state index is 13.6. The quantitative estimate of drug-likeness (QED) is 0.719. The molecular weight excluding hydrogens is 316 g/mol. The number of ether oxygens (including phenoxy) is 1. The highest BCUT2D eigenvalue weighted by atomic mass is 19.2. The Hall–Kier alpha value is -2.90. The minimum Gasteiger partial charge on any atom is -0.478 e. The van der Waals surface area contributed by atoms with Crippen LogP contribution in [-0.4, -0.2) is 31.8 Å². The van der Waals surface area contributed by atoms with Gasteiger partial charge in [-0.15, -0.1) is 5.10 Å². The lowest BCUT2D eigenvalue weighted by atomic mass is 10.0. The van der Waals surface area contributed by atoms with E-state index in [2.05, 4.69) is 20.5 Å². The van der Waals surface area contributed by atoms with Crippen LogP contribution in [-0.2, 0) is 6.54 Å². The fraction of sp³-hybridized carbons (Fsp3) is 0.250. The number of rotatable bonds is 5. The molecule has 0 fully saturated rings. The van der Waals surface area contributed by atoms with Crippen LogP contribution in [0.1, 0.15) is 18.3 Å². The molecule has 0 unspecified atom stereocenters. The van der Waals surface area contributed by atoms with Gasteiger partial charge in [-0.3, -0.25) is 0 Å². The Balaban J connectivity index is 2.02. The van der Waals surface area contributed by atoms with Gasteiger partial charge in [0, 0.05) is 11.8 Å². The van der Waals surface area contributed by atoms with Gasteiger partial charge in [0.15, 0.2) is 11.6 Å². The molecule has 0 atom stereocenters. The van der Waals surface area contributed by atoms with Crippen molar-refractivity contribution in [1.29, 1.82) is 0 Å². The van der Waals surface area contributed by atoms with Crippen LogP contribution in [0, 0.1) is 18.6 Å². The minimum absolute atomic E-state index is 0.362. The molecule has 0 saturated carbocycles. The molecule has 2 heterocycles. The molecular formula is C16H15F2N5O. The molecule has 0 saturated heterocycles. The molecule has 0 N–H and O–H groups in total. The lowest BCUT2D eigenvalue weighted by Crippen LogP contribution is -2.06. The van der Waals surface area contributed by atoms with Gasteiger partial charge in [-0.05, 0) is 53.6 Å². The molecule has 1 aromatic carbocycles. The largest absolute Gasteiger partial charge is 0.478 e. The van der Waals surface area contributed by atoms with E-state index < -0.39 is 11.6 Å². The maximum Gasteiger partial charge on any atom is 0.221 e. The van der Waals surface area contributed by atoms with Gasteiger partial charge < -0.3 is 4.74 Å². The van der Waals surface area contributed by atoms with E-state index >= 15 is 0 Å². The zero-order valence-electron chi connectivity index (χ0n) is 13.2. The molecule has 24 heavy (non-hydrogen) atoms. The number of aryl methyl sites for hydroxylation is 1. The number of aromatic nitrogens is 5.